The first kappa shape index (κ1) is 34.8. The molecule has 0 saturated carbocycles. The van der Waals surface area contributed by atoms with E-state index in [0.29, 0.717) is 11.3 Å². The van der Waals surface area contributed by atoms with Gasteiger partial charge in [0, 0.05) is 23.5 Å². The third-order valence-corrected chi connectivity index (χ3v) is 9.37. The molecule has 46 heavy (non-hydrogen) atoms. The van der Waals surface area contributed by atoms with Gasteiger partial charge in [0.1, 0.15) is 18.3 Å². The van der Waals surface area contributed by atoms with Gasteiger partial charge in [0.25, 0.3) is 10.0 Å². The minimum absolute atomic E-state index is 0.00635. The van der Waals surface area contributed by atoms with Crippen LogP contribution in [0, 0.1) is 0 Å². The summed E-state index contributed by atoms with van der Waals surface area (Å²) in [5.41, 5.74) is 0.943. The summed E-state index contributed by atoms with van der Waals surface area (Å²) in [4.78, 5) is 30.0. The molecule has 0 saturated heterocycles. The quantitative estimate of drug-likeness (QED) is 0.178. The summed E-state index contributed by atoms with van der Waals surface area (Å²) in [6.07, 6.45) is 0.182. The number of carbonyl (C=O) groups is 2. The molecule has 0 bridgehead atoms. The molecule has 242 valence electrons. The summed E-state index contributed by atoms with van der Waals surface area (Å²) >= 11 is 12.8. The van der Waals surface area contributed by atoms with Crippen LogP contribution in [0.5, 0.6) is 5.75 Å². The highest BCUT2D eigenvalue weighted by Crippen LogP contribution is 2.33. The Morgan fingerprint density at radius 2 is 1.48 bits per heavy atom. The van der Waals surface area contributed by atoms with E-state index in [1.807, 2.05) is 57.2 Å². The average Bonchev–Trinajstić information content (AvgIpc) is 3.02. The van der Waals surface area contributed by atoms with E-state index in [-0.39, 0.29) is 39.5 Å². The van der Waals surface area contributed by atoms with E-state index in [1.54, 1.807) is 36.4 Å². The second-order valence-electron chi connectivity index (χ2n) is 11.7. The van der Waals surface area contributed by atoms with Gasteiger partial charge < -0.3 is 15.0 Å². The third-order valence-electron chi connectivity index (χ3n) is 7.04. The van der Waals surface area contributed by atoms with Crippen LogP contribution in [0.3, 0.4) is 0 Å². The second-order valence-corrected chi connectivity index (χ2v) is 14.4. The van der Waals surface area contributed by atoms with Gasteiger partial charge in [-0.2, -0.15) is 0 Å². The molecular formula is C35H37Cl2N3O5S. The molecular weight excluding hydrogens is 645 g/mol. The minimum atomic E-state index is -4.32. The number of sulfonamides is 1. The lowest BCUT2D eigenvalue weighted by Crippen LogP contribution is -2.56. The van der Waals surface area contributed by atoms with Gasteiger partial charge in [0.2, 0.25) is 11.8 Å². The monoisotopic (exact) mass is 681 g/mol. The molecule has 0 aliphatic rings. The van der Waals surface area contributed by atoms with Gasteiger partial charge in [0.05, 0.1) is 22.7 Å². The molecule has 0 aliphatic carbocycles. The molecule has 2 amide bonds. The van der Waals surface area contributed by atoms with Crippen LogP contribution in [0.25, 0.3) is 0 Å². The van der Waals surface area contributed by atoms with Crippen molar-refractivity contribution in [2.24, 2.45) is 0 Å². The lowest BCUT2D eigenvalue weighted by molar-refractivity contribution is -0.140. The first-order chi connectivity index (χ1) is 21.8. The van der Waals surface area contributed by atoms with Crippen molar-refractivity contribution in [3.63, 3.8) is 0 Å². The van der Waals surface area contributed by atoms with Crippen molar-refractivity contribution < 1.29 is 22.7 Å². The number of ether oxygens (including phenoxy) is 1. The Kier molecular flexibility index (Phi) is 11.4. The number of anilines is 1. The van der Waals surface area contributed by atoms with E-state index in [4.69, 9.17) is 27.9 Å². The summed E-state index contributed by atoms with van der Waals surface area (Å²) in [5.74, 6) is -0.433. The normalized spacial score (nSPS) is 12.2. The molecule has 0 aliphatic heterocycles. The van der Waals surface area contributed by atoms with Crippen LogP contribution in [0.2, 0.25) is 10.0 Å². The van der Waals surface area contributed by atoms with E-state index in [9.17, 15) is 18.0 Å². The van der Waals surface area contributed by atoms with Crippen molar-refractivity contribution in [3.05, 3.63) is 124 Å². The van der Waals surface area contributed by atoms with Gasteiger partial charge in [-0.1, -0.05) is 83.9 Å². The van der Waals surface area contributed by atoms with Crippen LogP contribution >= 0.6 is 23.2 Å². The molecule has 1 N–H and O–H groups in total. The van der Waals surface area contributed by atoms with E-state index in [0.717, 1.165) is 9.87 Å². The molecule has 4 aromatic carbocycles. The van der Waals surface area contributed by atoms with Gasteiger partial charge in [-0.3, -0.25) is 13.9 Å². The van der Waals surface area contributed by atoms with Gasteiger partial charge in [-0.05, 0) is 74.4 Å². The zero-order valence-corrected chi connectivity index (χ0v) is 28.4. The Bertz CT molecular complexity index is 1760. The summed E-state index contributed by atoms with van der Waals surface area (Å²) in [7, 11) is -2.78. The largest absolute Gasteiger partial charge is 0.497 e. The maximum absolute atomic E-state index is 14.6. The predicted molar refractivity (Wildman–Crippen MR) is 183 cm³/mol. The molecule has 4 rings (SSSR count). The second kappa shape index (κ2) is 15.0. The number of rotatable bonds is 12. The Balaban J connectivity index is 1.85. The first-order valence-electron chi connectivity index (χ1n) is 14.6. The summed E-state index contributed by atoms with van der Waals surface area (Å²) < 4.78 is 34.6. The number of amides is 2. The molecule has 0 radical (unpaired) electrons. The zero-order chi connectivity index (χ0) is 33.5. The Labute approximate surface area is 280 Å². The number of hydrogen-bond acceptors (Lipinski definition) is 5. The number of nitrogens with one attached hydrogen (secondary N) is 1. The lowest BCUT2D eigenvalue weighted by Gasteiger charge is -2.35. The molecule has 8 nitrogen and oxygen atoms in total. The highest BCUT2D eigenvalue weighted by atomic mass is 35.5. The predicted octanol–water partition coefficient (Wildman–Crippen LogP) is 6.75. The van der Waals surface area contributed by atoms with Crippen LogP contribution in [-0.4, -0.2) is 50.4 Å². The maximum Gasteiger partial charge on any atom is 0.264 e. The van der Waals surface area contributed by atoms with E-state index >= 15 is 0 Å². The Hall–Kier alpha value is -4.05. The van der Waals surface area contributed by atoms with Crippen molar-refractivity contribution in [1.29, 1.82) is 0 Å². The molecule has 0 heterocycles. The molecule has 0 fully saturated rings. The van der Waals surface area contributed by atoms with Crippen LogP contribution in [0.4, 0.5) is 5.69 Å². The van der Waals surface area contributed by atoms with Crippen LogP contribution in [0.1, 0.15) is 31.9 Å². The molecule has 0 aromatic heterocycles. The summed E-state index contributed by atoms with van der Waals surface area (Å²) in [6.45, 7) is 4.90. The lowest BCUT2D eigenvalue weighted by atomic mass is 10.0. The molecule has 4 aromatic rings. The number of benzene rings is 4. The fourth-order valence-corrected chi connectivity index (χ4v) is 6.77. The van der Waals surface area contributed by atoms with Gasteiger partial charge in [-0.25, -0.2) is 8.42 Å². The topological polar surface area (TPSA) is 96.0 Å². The number of halogens is 2. The highest BCUT2D eigenvalue weighted by Gasteiger charge is 2.36. The molecule has 0 spiro atoms. The van der Waals surface area contributed by atoms with E-state index < -0.39 is 34.1 Å². The van der Waals surface area contributed by atoms with Crippen molar-refractivity contribution in [3.8, 4) is 5.75 Å². The molecule has 1 atom stereocenters. The number of nitrogens with zero attached hydrogens (tertiary/aromatic N) is 2. The van der Waals surface area contributed by atoms with Gasteiger partial charge in [0.15, 0.2) is 0 Å². The Morgan fingerprint density at radius 3 is 2.11 bits per heavy atom. The fraction of sp³-hybridized carbons (Fsp3) is 0.257. The number of methoxy groups -OCH3 is 1. The van der Waals surface area contributed by atoms with Crippen LogP contribution in [-0.2, 0) is 32.6 Å². The van der Waals surface area contributed by atoms with Gasteiger partial charge in [-0.15, -0.1) is 0 Å². The highest BCUT2D eigenvalue weighted by molar-refractivity contribution is 7.92. The van der Waals surface area contributed by atoms with E-state index in [1.165, 1.54) is 42.3 Å². The van der Waals surface area contributed by atoms with Crippen LogP contribution < -0.4 is 14.4 Å². The maximum atomic E-state index is 14.6. The zero-order valence-electron chi connectivity index (χ0n) is 26.1. The number of carbonyl (C=O) groups excluding carboxylic acids is 2. The standard InChI is InChI=1S/C35H37Cl2N3O5S/c1-35(2,3)38-34(42)32(21-25-12-7-5-8-13-25)39(23-26-14-11-15-28(20-26)45-4)33(41)24-40(31-22-27(36)18-19-30(31)37)46(43,44)29-16-9-6-10-17-29/h5-20,22,32H,21,23-24H2,1-4H3,(H,38,42)/t32-/m0/s1. The average molecular weight is 683 g/mol. The van der Waals surface area contributed by atoms with Crippen molar-refractivity contribution in [1.82, 2.24) is 10.2 Å². The first-order valence-corrected chi connectivity index (χ1v) is 16.8. The van der Waals surface area contributed by atoms with E-state index in [2.05, 4.69) is 5.32 Å². The number of hydrogen-bond donors (Lipinski definition) is 1. The van der Waals surface area contributed by atoms with Crippen molar-refractivity contribution >= 4 is 50.7 Å². The summed E-state index contributed by atoms with van der Waals surface area (Å²) in [6, 6.07) is 27.7. The van der Waals surface area contributed by atoms with Crippen molar-refractivity contribution in [2.75, 3.05) is 18.0 Å². The fourth-order valence-electron chi connectivity index (χ4n) is 4.88. The Morgan fingerprint density at radius 1 is 0.848 bits per heavy atom. The molecule has 11 heteroatoms. The smallest absolute Gasteiger partial charge is 0.264 e. The third kappa shape index (κ3) is 9.02. The SMILES string of the molecule is COc1cccc(CN(C(=O)CN(c2cc(Cl)ccc2Cl)S(=O)(=O)c2ccccc2)[C@@H](Cc2ccccc2)C(=O)NC(C)(C)C)c1. The van der Waals surface area contributed by atoms with Gasteiger partial charge >= 0.3 is 0 Å². The minimum Gasteiger partial charge on any atom is -0.497 e. The van der Waals surface area contributed by atoms with Crippen LogP contribution in [0.15, 0.2) is 108 Å². The molecule has 0 unspecified atom stereocenters. The van der Waals surface area contributed by atoms with Crippen molar-refractivity contribution in [2.45, 2.75) is 50.2 Å². The summed E-state index contributed by atoms with van der Waals surface area (Å²) in [5, 5.41) is 3.33.